The minimum absolute atomic E-state index is 0.0890. The maximum absolute atomic E-state index is 12.4. The highest BCUT2D eigenvalue weighted by Gasteiger charge is 2.21. The molecule has 1 aliphatic rings. The van der Waals surface area contributed by atoms with E-state index in [4.69, 9.17) is 4.74 Å². The molecule has 27 heavy (non-hydrogen) atoms. The molecule has 1 fully saturated rings. The van der Waals surface area contributed by atoms with Crippen LogP contribution in [0.1, 0.15) is 21.7 Å². The number of rotatable bonds is 7. The molecule has 0 bridgehead atoms. The van der Waals surface area contributed by atoms with Gasteiger partial charge in [0.1, 0.15) is 5.75 Å². The van der Waals surface area contributed by atoms with E-state index in [-0.39, 0.29) is 11.8 Å². The van der Waals surface area contributed by atoms with E-state index in [0.29, 0.717) is 24.3 Å². The number of nitrogens with zero attached hydrogens (tertiary/aromatic N) is 2. The Morgan fingerprint density at radius 1 is 1.11 bits per heavy atom. The van der Waals surface area contributed by atoms with Gasteiger partial charge in [0.05, 0.1) is 12.7 Å². The number of piperazine rings is 1. The van der Waals surface area contributed by atoms with Crippen LogP contribution in [0, 0.1) is 0 Å². The molecule has 1 aliphatic heterocycles. The molecule has 1 aromatic heterocycles. The summed E-state index contributed by atoms with van der Waals surface area (Å²) in [5, 5.41) is 4.90. The van der Waals surface area contributed by atoms with Crippen LogP contribution in [0.3, 0.4) is 0 Å². The SMILES string of the molecule is COc1ccccc1C(=O)NCCC(=O)N1CCN(Cc2cccs2)CC1. The lowest BCUT2D eigenvalue weighted by Gasteiger charge is -2.34. The van der Waals surface area contributed by atoms with Gasteiger partial charge in [0.15, 0.2) is 0 Å². The van der Waals surface area contributed by atoms with E-state index >= 15 is 0 Å². The lowest BCUT2D eigenvalue weighted by Crippen LogP contribution is -2.48. The van der Waals surface area contributed by atoms with E-state index in [1.54, 1.807) is 29.5 Å². The van der Waals surface area contributed by atoms with Gasteiger partial charge in [-0.15, -0.1) is 11.3 Å². The van der Waals surface area contributed by atoms with Gasteiger partial charge in [-0.2, -0.15) is 0 Å². The van der Waals surface area contributed by atoms with Crippen LogP contribution in [0.2, 0.25) is 0 Å². The number of carbonyl (C=O) groups excluding carboxylic acids is 2. The largest absolute Gasteiger partial charge is 0.496 e. The number of hydrogen-bond donors (Lipinski definition) is 1. The van der Waals surface area contributed by atoms with Crippen molar-refractivity contribution in [2.75, 3.05) is 39.8 Å². The average molecular weight is 388 g/mol. The molecular weight excluding hydrogens is 362 g/mol. The number of ether oxygens (including phenoxy) is 1. The first kappa shape index (κ1) is 19.4. The molecule has 2 heterocycles. The molecule has 7 heteroatoms. The van der Waals surface area contributed by atoms with Gasteiger partial charge in [0, 0.05) is 50.6 Å². The summed E-state index contributed by atoms with van der Waals surface area (Å²) in [4.78, 5) is 30.3. The topological polar surface area (TPSA) is 61.9 Å². The monoisotopic (exact) mass is 387 g/mol. The first-order valence-corrected chi connectivity index (χ1v) is 9.99. The number of nitrogens with one attached hydrogen (secondary N) is 1. The van der Waals surface area contributed by atoms with Crippen LogP contribution < -0.4 is 10.1 Å². The molecular formula is C20H25N3O3S. The molecule has 0 radical (unpaired) electrons. The van der Waals surface area contributed by atoms with Gasteiger partial charge in [-0.1, -0.05) is 18.2 Å². The summed E-state index contributed by atoms with van der Waals surface area (Å²) in [6.07, 6.45) is 0.311. The third kappa shape index (κ3) is 5.30. The summed E-state index contributed by atoms with van der Waals surface area (Å²) in [7, 11) is 1.54. The van der Waals surface area contributed by atoms with Gasteiger partial charge < -0.3 is 15.0 Å². The Hall–Kier alpha value is -2.38. The van der Waals surface area contributed by atoms with Crippen molar-refractivity contribution in [2.24, 2.45) is 0 Å². The molecule has 1 saturated heterocycles. The first-order valence-electron chi connectivity index (χ1n) is 9.11. The van der Waals surface area contributed by atoms with Crippen LogP contribution in [0.4, 0.5) is 0 Å². The number of thiophene rings is 1. The van der Waals surface area contributed by atoms with E-state index in [9.17, 15) is 9.59 Å². The van der Waals surface area contributed by atoms with Crippen molar-refractivity contribution in [1.29, 1.82) is 0 Å². The highest BCUT2D eigenvalue weighted by Crippen LogP contribution is 2.17. The zero-order chi connectivity index (χ0) is 19.1. The Morgan fingerprint density at radius 2 is 1.89 bits per heavy atom. The second kappa shape index (κ2) is 9.53. The molecule has 2 aromatic rings. The minimum Gasteiger partial charge on any atom is -0.496 e. The van der Waals surface area contributed by atoms with E-state index in [0.717, 1.165) is 32.7 Å². The van der Waals surface area contributed by atoms with Crippen LogP contribution in [-0.4, -0.2) is 61.4 Å². The number of methoxy groups -OCH3 is 1. The molecule has 0 atom stereocenters. The fourth-order valence-corrected chi connectivity index (χ4v) is 3.89. The Bertz CT molecular complexity index is 756. The number of para-hydroxylation sites is 1. The normalized spacial score (nSPS) is 14.8. The van der Waals surface area contributed by atoms with Gasteiger partial charge in [0.2, 0.25) is 5.91 Å². The smallest absolute Gasteiger partial charge is 0.255 e. The Morgan fingerprint density at radius 3 is 2.59 bits per heavy atom. The summed E-state index contributed by atoms with van der Waals surface area (Å²) in [6.45, 7) is 4.53. The molecule has 2 amide bonds. The third-order valence-corrected chi connectivity index (χ3v) is 5.52. The number of carbonyl (C=O) groups is 2. The highest BCUT2D eigenvalue weighted by atomic mass is 32.1. The highest BCUT2D eigenvalue weighted by molar-refractivity contribution is 7.09. The van der Waals surface area contributed by atoms with Gasteiger partial charge >= 0.3 is 0 Å². The summed E-state index contributed by atoms with van der Waals surface area (Å²) < 4.78 is 5.20. The fraction of sp³-hybridized carbons (Fsp3) is 0.400. The molecule has 144 valence electrons. The van der Waals surface area contributed by atoms with Crippen molar-refractivity contribution < 1.29 is 14.3 Å². The van der Waals surface area contributed by atoms with Crippen LogP contribution in [0.15, 0.2) is 41.8 Å². The second-order valence-electron chi connectivity index (χ2n) is 6.44. The third-order valence-electron chi connectivity index (χ3n) is 4.66. The van der Waals surface area contributed by atoms with E-state index < -0.39 is 0 Å². The Balaban J connectivity index is 1.39. The van der Waals surface area contributed by atoms with Crippen LogP contribution in [0.25, 0.3) is 0 Å². The standard InChI is InChI=1S/C20H25N3O3S/c1-26-18-7-3-2-6-17(18)20(25)21-9-8-19(24)23-12-10-22(11-13-23)15-16-5-4-14-27-16/h2-7,14H,8-13,15H2,1H3,(H,21,25). The van der Waals surface area contributed by atoms with Crippen LogP contribution >= 0.6 is 11.3 Å². The second-order valence-corrected chi connectivity index (χ2v) is 7.47. The quantitative estimate of drug-likeness (QED) is 0.791. The summed E-state index contributed by atoms with van der Waals surface area (Å²) in [5.74, 6) is 0.398. The average Bonchev–Trinajstić information content (AvgIpc) is 3.21. The van der Waals surface area contributed by atoms with Gasteiger partial charge in [-0.05, 0) is 23.6 Å². The molecule has 0 unspecified atom stereocenters. The van der Waals surface area contributed by atoms with Gasteiger partial charge in [-0.3, -0.25) is 14.5 Å². The van der Waals surface area contributed by atoms with E-state index in [1.807, 2.05) is 11.0 Å². The predicted octanol–water partition coefficient (Wildman–Crippen LogP) is 2.22. The maximum atomic E-state index is 12.4. The number of hydrogen-bond acceptors (Lipinski definition) is 5. The zero-order valence-corrected chi connectivity index (χ0v) is 16.3. The van der Waals surface area contributed by atoms with Gasteiger partial charge in [0.25, 0.3) is 5.91 Å². The Labute approximate surface area is 163 Å². The van der Waals surface area contributed by atoms with Crippen molar-refractivity contribution in [2.45, 2.75) is 13.0 Å². The molecule has 0 spiro atoms. The summed E-state index contributed by atoms with van der Waals surface area (Å²) >= 11 is 1.77. The van der Waals surface area contributed by atoms with Crippen molar-refractivity contribution >= 4 is 23.2 Å². The molecule has 1 N–H and O–H groups in total. The van der Waals surface area contributed by atoms with E-state index in [1.165, 1.54) is 12.0 Å². The van der Waals surface area contributed by atoms with E-state index in [2.05, 4.69) is 27.7 Å². The zero-order valence-electron chi connectivity index (χ0n) is 15.5. The van der Waals surface area contributed by atoms with Crippen LogP contribution in [-0.2, 0) is 11.3 Å². The molecule has 3 rings (SSSR count). The lowest BCUT2D eigenvalue weighted by molar-refractivity contribution is -0.132. The van der Waals surface area contributed by atoms with Crippen LogP contribution in [0.5, 0.6) is 5.75 Å². The van der Waals surface area contributed by atoms with Crippen molar-refractivity contribution in [1.82, 2.24) is 15.1 Å². The lowest BCUT2D eigenvalue weighted by atomic mass is 10.2. The number of amides is 2. The summed E-state index contributed by atoms with van der Waals surface area (Å²) in [6, 6.07) is 11.3. The molecule has 0 aliphatic carbocycles. The molecule has 1 aromatic carbocycles. The fourth-order valence-electron chi connectivity index (χ4n) is 3.15. The predicted molar refractivity (Wildman–Crippen MR) is 106 cm³/mol. The molecule has 6 nitrogen and oxygen atoms in total. The van der Waals surface area contributed by atoms with Crippen molar-refractivity contribution in [3.8, 4) is 5.75 Å². The van der Waals surface area contributed by atoms with Gasteiger partial charge in [-0.25, -0.2) is 0 Å². The number of benzene rings is 1. The maximum Gasteiger partial charge on any atom is 0.255 e. The van der Waals surface area contributed by atoms with Crippen molar-refractivity contribution in [3.63, 3.8) is 0 Å². The first-order chi connectivity index (χ1) is 13.2. The summed E-state index contributed by atoms with van der Waals surface area (Å²) in [5.41, 5.74) is 0.481. The Kier molecular flexibility index (Phi) is 6.84. The van der Waals surface area contributed by atoms with Crippen molar-refractivity contribution in [3.05, 3.63) is 52.2 Å². The molecule has 0 saturated carbocycles. The minimum atomic E-state index is -0.221.